The third-order valence-corrected chi connectivity index (χ3v) is 5.75. The summed E-state index contributed by atoms with van der Waals surface area (Å²) in [4.78, 5) is 12.8. The molecular formula is C23H30N2O3. The van der Waals surface area contributed by atoms with Gasteiger partial charge in [-0.1, -0.05) is 43.2 Å². The number of carbonyl (C=O) groups is 1. The highest BCUT2D eigenvalue weighted by Gasteiger charge is 2.35. The van der Waals surface area contributed by atoms with E-state index in [0.717, 1.165) is 19.4 Å². The first-order valence-electron chi connectivity index (χ1n) is 9.90. The summed E-state index contributed by atoms with van der Waals surface area (Å²) in [7, 11) is 3.19. The third-order valence-electron chi connectivity index (χ3n) is 5.75. The predicted octanol–water partition coefficient (Wildman–Crippen LogP) is 4.13. The van der Waals surface area contributed by atoms with Crippen LogP contribution in [0, 0.1) is 0 Å². The molecule has 1 amide bonds. The molecule has 0 saturated heterocycles. The van der Waals surface area contributed by atoms with E-state index in [9.17, 15) is 4.79 Å². The first-order chi connectivity index (χ1) is 13.6. The van der Waals surface area contributed by atoms with Crippen molar-refractivity contribution in [2.24, 2.45) is 0 Å². The van der Waals surface area contributed by atoms with Crippen LogP contribution < -0.4 is 20.1 Å². The van der Waals surface area contributed by atoms with Gasteiger partial charge in [0.25, 0.3) is 0 Å². The second kappa shape index (κ2) is 9.11. The number of hydrogen-bond acceptors (Lipinski definition) is 4. The summed E-state index contributed by atoms with van der Waals surface area (Å²) in [5.41, 5.74) is 2.09. The standard InChI is InChI=1S/C23H30N2O3/c1-17(22(26)25-20-15-19(27-2)11-12-21(20)28-3)24-16-23(13-7-8-14-23)18-9-5-4-6-10-18/h4-6,9-12,15,17,24H,7-8,13-14,16H2,1-3H3,(H,25,26). The zero-order valence-corrected chi connectivity index (χ0v) is 17.0. The summed E-state index contributed by atoms with van der Waals surface area (Å²) in [5, 5.41) is 6.42. The number of rotatable bonds is 8. The van der Waals surface area contributed by atoms with Crippen LogP contribution in [0.15, 0.2) is 48.5 Å². The number of anilines is 1. The summed E-state index contributed by atoms with van der Waals surface area (Å²) in [6, 6.07) is 15.7. The Bertz CT molecular complexity index is 786. The molecule has 2 aromatic rings. The van der Waals surface area contributed by atoms with Crippen molar-refractivity contribution >= 4 is 11.6 Å². The number of carbonyl (C=O) groups excluding carboxylic acids is 1. The Hall–Kier alpha value is -2.53. The van der Waals surface area contributed by atoms with Gasteiger partial charge >= 0.3 is 0 Å². The van der Waals surface area contributed by atoms with E-state index < -0.39 is 0 Å². The van der Waals surface area contributed by atoms with Crippen LogP contribution in [0.5, 0.6) is 11.5 Å². The molecule has 1 atom stereocenters. The van der Waals surface area contributed by atoms with Gasteiger partial charge in [0.05, 0.1) is 25.9 Å². The van der Waals surface area contributed by atoms with Crippen LogP contribution in [-0.2, 0) is 10.2 Å². The summed E-state index contributed by atoms with van der Waals surface area (Å²) >= 11 is 0. The van der Waals surface area contributed by atoms with Crippen molar-refractivity contribution in [2.75, 3.05) is 26.1 Å². The number of ether oxygens (including phenoxy) is 2. The molecule has 0 aromatic heterocycles. The SMILES string of the molecule is COc1ccc(OC)c(NC(=O)C(C)NCC2(c3ccccc3)CCCC2)c1. The highest BCUT2D eigenvalue weighted by Crippen LogP contribution is 2.40. The summed E-state index contributed by atoms with van der Waals surface area (Å²) in [6.45, 7) is 2.69. The lowest BCUT2D eigenvalue weighted by Crippen LogP contribution is -2.45. The molecular weight excluding hydrogens is 352 g/mol. The maximum Gasteiger partial charge on any atom is 0.241 e. The average Bonchev–Trinajstić information content (AvgIpc) is 3.22. The van der Waals surface area contributed by atoms with Crippen LogP contribution in [0.3, 0.4) is 0 Å². The van der Waals surface area contributed by atoms with Gasteiger partial charge in [-0.05, 0) is 37.5 Å². The van der Waals surface area contributed by atoms with Crippen molar-refractivity contribution in [2.45, 2.75) is 44.1 Å². The van der Waals surface area contributed by atoms with Crippen LogP contribution in [0.4, 0.5) is 5.69 Å². The molecule has 0 aliphatic heterocycles. The van der Waals surface area contributed by atoms with E-state index in [1.807, 2.05) is 6.92 Å². The lowest BCUT2D eigenvalue weighted by atomic mass is 9.78. The van der Waals surface area contributed by atoms with E-state index in [2.05, 4.69) is 41.0 Å². The van der Waals surface area contributed by atoms with Crippen LogP contribution in [0.1, 0.15) is 38.2 Å². The van der Waals surface area contributed by atoms with E-state index in [-0.39, 0.29) is 17.4 Å². The highest BCUT2D eigenvalue weighted by atomic mass is 16.5. The normalized spacial score (nSPS) is 16.4. The van der Waals surface area contributed by atoms with E-state index in [4.69, 9.17) is 9.47 Å². The van der Waals surface area contributed by atoms with Crippen LogP contribution in [0.2, 0.25) is 0 Å². The monoisotopic (exact) mass is 382 g/mol. The molecule has 0 bridgehead atoms. The van der Waals surface area contributed by atoms with E-state index in [1.165, 1.54) is 18.4 Å². The minimum atomic E-state index is -0.322. The van der Waals surface area contributed by atoms with Crippen molar-refractivity contribution in [1.82, 2.24) is 5.32 Å². The molecule has 0 spiro atoms. The van der Waals surface area contributed by atoms with Gasteiger partial charge in [-0.3, -0.25) is 4.79 Å². The number of nitrogens with one attached hydrogen (secondary N) is 2. The summed E-state index contributed by atoms with van der Waals surface area (Å²) in [5.74, 6) is 1.19. The highest BCUT2D eigenvalue weighted by molar-refractivity contribution is 5.96. The molecule has 2 aromatic carbocycles. The van der Waals surface area contributed by atoms with Crippen molar-refractivity contribution in [3.8, 4) is 11.5 Å². The van der Waals surface area contributed by atoms with Gasteiger partial charge in [-0.25, -0.2) is 0 Å². The lowest BCUT2D eigenvalue weighted by Gasteiger charge is -2.31. The molecule has 1 unspecified atom stereocenters. The van der Waals surface area contributed by atoms with Gasteiger partial charge in [0.2, 0.25) is 5.91 Å². The first-order valence-corrected chi connectivity index (χ1v) is 9.90. The second-order valence-electron chi connectivity index (χ2n) is 7.51. The quantitative estimate of drug-likeness (QED) is 0.721. The van der Waals surface area contributed by atoms with Crippen LogP contribution in [0.25, 0.3) is 0 Å². The number of benzene rings is 2. The molecule has 5 heteroatoms. The minimum absolute atomic E-state index is 0.0900. The zero-order valence-electron chi connectivity index (χ0n) is 17.0. The van der Waals surface area contributed by atoms with Crippen molar-refractivity contribution in [3.63, 3.8) is 0 Å². The fraction of sp³-hybridized carbons (Fsp3) is 0.435. The summed E-state index contributed by atoms with van der Waals surface area (Å²) < 4.78 is 10.6. The third kappa shape index (κ3) is 4.47. The van der Waals surface area contributed by atoms with E-state index in [1.54, 1.807) is 32.4 Å². The van der Waals surface area contributed by atoms with Crippen LogP contribution >= 0.6 is 0 Å². The molecule has 0 heterocycles. The zero-order chi connectivity index (χ0) is 20.0. The van der Waals surface area contributed by atoms with Gasteiger partial charge < -0.3 is 20.1 Å². The Kier molecular flexibility index (Phi) is 6.57. The number of amides is 1. The number of methoxy groups -OCH3 is 2. The van der Waals surface area contributed by atoms with Crippen LogP contribution in [-0.4, -0.2) is 32.7 Å². The van der Waals surface area contributed by atoms with Gasteiger partial charge in [0, 0.05) is 18.0 Å². The van der Waals surface area contributed by atoms with E-state index >= 15 is 0 Å². The van der Waals surface area contributed by atoms with Crippen molar-refractivity contribution < 1.29 is 14.3 Å². The van der Waals surface area contributed by atoms with Gasteiger partial charge in [-0.2, -0.15) is 0 Å². The predicted molar refractivity (Wildman–Crippen MR) is 112 cm³/mol. The largest absolute Gasteiger partial charge is 0.497 e. The second-order valence-corrected chi connectivity index (χ2v) is 7.51. The maximum atomic E-state index is 12.8. The Morgan fingerprint density at radius 3 is 2.43 bits per heavy atom. The fourth-order valence-corrected chi connectivity index (χ4v) is 4.00. The topological polar surface area (TPSA) is 59.6 Å². The molecule has 150 valence electrons. The van der Waals surface area contributed by atoms with Gasteiger partial charge in [0.15, 0.2) is 0 Å². The van der Waals surface area contributed by atoms with E-state index in [0.29, 0.717) is 17.2 Å². The van der Waals surface area contributed by atoms with Crippen molar-refractivity contribution in [1.29, 1.82) is 0 Å². The Labute approximate surface area is 167 Å². The van der Waals surface area contributed by atoms with Gasteiger partial charge in [-0.15, -0.1) is 0 Å². The maximum absolute atomic E-state index is 12.8. The number of hydrogen-bond donors (Lipinski definition) is 2. The Morgan fingerprint density at radius 1 is 1.07 bits per heavy atom. The summed E-state index contributed by atoms with van der Waals surface area (Å²) in [6.07, 6.45) is 4.78. The molecule has 3 rings (SSSR count). The van der Waals surface area contributed by atoms with Crippen molar-refractivity contribution in [3.05, 3.63) is 54.1 Å². The average molecular weight is 383 g/mol. The fourth-order valence-electron chi connectivity index (χ4n) is 4.00. The lowest BCUT2D eigenvalue weighted by molar-refractivity contribution is -0.117. The molecule has 5 nitrogen and oxygen atoms in total. The smallest absolute Gasteiger partial charge is 0.241 e. The molecule has 1 fully saturated rings. The minimum Gasteiger partial charge on any atom is -0.497 e. The Balaban J connectivity index is 1.66. The molecule has 1 saturated carbocycles. The Morgan fingerprint density at radius 2 is 1.79 bits per heavy atom. The molecule has 0 radical (unpaired) electrons. The van der Waals surface area contributed by atoms with Gasteiger partial charge in [0.1, 0.15) is 11.5 Å². The molecule has 2 N–H and O–H groups in total. The molecule has 1 aliphatic carbocycles. The molecule has 1 aliphatic rings. The molecule has 28 heavy (non-hydrogen) atoms. The first kappa shape index (κ1) is 20.2.